The Hall–Kier alpha value is -1.12. The van der Waals surface area contributed by atoms with Gasteiger partial charge in [0.05, 0.1) is 6.04 Å². The molecule has 0 saturated carbocycles. The van der Waals surface area contributed by atoms with Crippen LogP contribution in [0.4, 0.5) is 0 Å². The third-order valence-corrected chi connectivity index (χ3v) is 7.28. The highest BCUT2D eigenvalue weighted by Crippen LogP contribution is 2.25. The summed E-state index contributed by atoms with van der Waals surface area (Å²) >= 11 is 0. The molecular formula is C30H55NO2. The van der Waals surface area contributed by atoms with Gasteiger partial charge < -0.3 is 0 Å². The van der Waals surface area contributed by atoms with Crippen LogP contribution in [0.15, 0.2) is 11.6 Å². The lowest BCUT2D eigenvalue weighted by atomic mass is 9.97. The second-order valence-electron chi connectivity index (χ2n) is 10.4. The van der Waals surface area contributed by atoms with Crippen LogP contribution in [0.25, 0.3) is 0 Å². The summed E-state index contributed by atoms with van der Waals surface area (Å²) < 4.78 is 0. The zero-order valence-electron chi connectivity index (χ0n) is 22.5. The molecule has 0 aromatic carbocycles. The molecule has 1 heterocycles. The Morgan fingerprint density at radius 1 is 0.667 bits per heavy atom. The molecule has 2 amide bonds. The van der Waals surface area contributed by atoms with Crippen LogP contribution in [0.5, 0.6) is 0 Å². The maximum absolute atomic E-state index is 12.4. The number of carbonyl (C=O) groups is 2. The molecule has 1 aliphatic rings. The number of amides is 2. The maximum atomic E-state index is 12.4. The summed E-state index contributed by atoms with van der Waals surface area (Å²) in [5.41, 5.74) is 1.23. The smallest absolute Gasteiger partial charge is 0.230 e. The molecule has 1 unspecified atom stereocenters. The molecule has 33 heavy (non-hydrogen) atoms. The molecule has 1 saturated heterocycles. The zero-order valence-corrected chi connectivity index (χ0v) is 22.5. The zero-order chi connectivity index (χ0) is 24.2. The summed E-state index contributed by atoms with van der Waals surface area (Å²) in [4.78, 5) is 26.4. The van der Waals surface area contributed by atoms with E-state index in [1.807, 2.05) is 0 Å². The molecule has 0 aromatic heterocycles. The van der Waals surface area contributed by atoms with Crippen molar-refractivity contribution in [1.29, 1.82) is 0 Å². The highest BCUT2D eigenvalue weighted by Gasteiger charge is 2.35. The molecule has 1 rings (SSSR count). The number of unbranched alkanes of at least 4 members (excludes halogenated alkanes) is 17. The van der Waals surface area contributed by atoms with Crippen LogP contribution in [0.2, 0.25) is 0 Å². The minimum atomic E-state index is -0.00384. The first-order valence-electron chi connectivity index (χ1n) is 14.6. The summed E-state index contributed by atoms with van der Waals surface area (Å²) in [7, 11) is 0. The topological polar surface area (TPSA) is 37.4 Å². The van der Waals surface area contributed by atoms with Crippen LogP contribution in [0.1, 0.15) is 162 Å². The first-order valence-corrected chi connectivity index (χ1v) is 14.6. The van der Waals surface area contributed by atoms with Gasteiger partial charge in [-0.3, -0.25) is 14.5 Å². The first-order chi connectivity index (χ1) is 16.1. The van der Waals surface area contributed by atoms with Crippen molar-refractivity contribution in [3.63, 3.8) is 0 Å². The van der Waals surface area contributed by atoms with E-state index in [0.717, 1.165) is 19.3 Å². The van der Waals surface area contributed by atoms with Gasteiger partial charge in [-0.25, -0.2) is 0 Å². The largest absolute Gasteiger partial charge is 0.275 e. The number of carbonyl (C=O) groups excluding carboxylic acids is 2. The van der Waals surface area contributed by atoms with Gasteiger partial charge in [-0.15, -0.1) is 0 Å². The molecule has 0 aromatic rings. The number of likely N-dealkylation sites (tertiary alicyclic amines) is 1. The summed E-state index contributed by atoms with van der Waals surface area (Å²) in [5.74, 6) is 0.0748. The SMILES string of the molecule is CCCCCCCC=C(C)C(CCCCCCCCCCCCCCC)N1C(=O)CCC1=O. The molecule has 1 fully saturated rings. The van der Waals surface area contributed by atoms with Gasteiger partial charge in [-0.2, -0.15) is 0 Å². The molecule has 1 atom stereocenters. The predicted molar refractivity (Wildman–Crippen MR) is 142 cm³/mol. The molecule has 0 bridgehead atoms. The lowest BCUT2D eigenvalue weighted by Crippen LogP contribution is -2.40. The van der Waals surface area contributed by atoms with E-state index in [1.165, 1.54) is 115 Å². The second kappa shape index (κ2) is 20.3. The number of hydrogen-bond donors (Lipinski definition) is 0. The lowest BCUT2D eigenvalue weighted by Gasteiger charge is -2.27. The van der Waals surface area contributed by atoms with Gasteiger partial charge in [0.1, 0.15) is 0 Å². The van der Waals surface area contributed by atoms with Crippen molar-refractivity contribution in [2.24, 2.45) is 0 Å². The highest BCUT2D eigenvalue weighted by atomic mass is 16.2. The van der Waals surface area contributed by atoms with Gasteiger partial charge in [-0.05, 0) is 26.2 Å². The number of hydrogen-bond acceptors (Lipinski definition) is 2. The van der Waals surface area contributed by atoms with E-state index in [0.29, 0.717) is 12.8 Å². The fourth-order valence-corrected chi connectivity index (χ4v) is 5.07. The maximum Gasteiger partial charge on any atom is 0.230 e. The average molecular weight is 462 g/mol. The van der Waals surface area contributed by atoms with Gasteiger partial charge in [0.25, 0.3) is 0 Å². The van der Waals surface area contributed by atoms with Gasteiger partial charge >= 0.3 is 0 Å². The number of rotatable bonds is 22. The van der Waals surface area contributed by atoms with Crippen LogP contribution in [0.3, 0.4) is 0 Å². The van der Waals surface area contributed by atoms with Crippen LogP contribution in [-0.2, 0) is 9.59 Å². The summed E-state index contributed by atoms with van der Waals surface area (Å²) in [6.45, 7) is 6.66. The Bertz CT molecular complexity index is 523. The van der Waals surface area contributed by atoms with Gasteiger partial charge in [0.2, 0.25) is 11.8 Å². The molecule has 0 N–H and O–H groups in total. The molecular weight excluding hydrogens is 406 g/mol. The lowest BCUT2D eigenvalue weighted by molar-refractivity contribution is -0.140. The fraction of sp³-hybridized carbons (Fsp3) is 0.867. The minimum Gasteiger partial charge on any atom is -0.275 e. The van der Waals surface area contributed by atoms with Gasteiger partial charge in [0, 0.05) is 12.8 Å². The van der Waals surface area contributed by atoms with Crippen molar-refractivity contribution < 1.29 is 9.59 Å². The number of nitrogens with zero attached hydrogens (tertiary/aromatic N) is 1. The van der Waals surface area contributed by atoms with E-state index >= 15 is 0 Å². The number of allylic oxidation sites excluding steroid dienone is 1. The molecule has 0 spiro atoms. The van der Waals surface area contributed by atoms with Crippen molar-refractivity contribution in [3.8, 4) is 0 Å². The standard InChI is InChI=1S/C30H55NO2/c1-4-6-8-10-12-13-14-15-16-17-18-20-22-24-28(31-29(32)25-26-30(31)33)27(3)23-21-19-11-9-7-5-2/h23,28H,4-22,24-26H2,1-3H3. The van der Waals surface area contributed by atoms with E-state index in [9.17, 15) is 9.59 Å². The normalized spacial score (nSPS) is 15.6. The van der Waals surface area contributed by atoms with E-state index in [-0.39, 0.29) is 17.9 Å². The Balaban J connectivity index is 2.26. The molecule has 0 aliphatic carbocycles. The van der Waals surface area contributed by atoms with Crippen molar-refractivity contribution in [3.05, 3.63) is 11.6 Å². The van der Waals surface area contributed by atoms with Crippen LogP contribution < -0.4 is 0 Å². The average Bonchev–Trinajstić information content (AvgIpc) is 3.14. The van der Waals surface area contributed by atoms with Gasteiger partial charge in [0.15, 0.2) is 0 Å². The summed E-state index contributed by atoms with van der Waals surface area (Å²) in [5, 5.41) is 0. The summed E-state index contributed by atoms with van der Waals surface area (Å²) in [6, 6.07) is -0.00384. The minimum absolute atomic E-state index is 0.00384. The first kappa shape index (κ1) is 29.9. The van der Waals surface area contributed by atoms with Crippen molar-refractivity contribution >= 4 is 11.8 Å². The summed E-state index contributed by atoms with van der Waals surface area (Å²) in [6.07, 6.45) is 29.0. The molecule has 0 radical (unpaired) electrons. The molecule has 3 nitrogen and oxygen atoms in total. The number of imide groups is 1. The van der Waals surface area contributed by atoms with E-state index < -0.39 is 0 Å². The van der Waals surface area contributed by atoms with E-state index in [1.54, 1.807) is 4.90 Å². The Kier molecular flexibility index (Phi) is 18.4. The van der Waals surface area contributed by atoms with Crippen LogP contribution in [0, 0.1) is 0 Å². The second-order valence-corrected chi connectivity index (χ2v) is 10.4. The van der Waals surface area contributed by atoms with Crippen LogP contribution in [-0.4, -0.2) is 22.8 Å². The third kappa shape index (κ3) is 14.0. The fourth-order valence-electron chi connectivity index (χ4n) is 5.07. The molecule has 3 heteroatoms. The molecule has 1 aliphatic heterocycles. The Morgan fingerprint density at radius 3 is 1.52 bits per heavy atom. The van der Waals surface area contributed by atoms with Crippen molar-refractivity contribution in [2.45, 2.75) is 168 Å². The molecule has 192 valence electrons. The predicted octanol–water partition coefficient (Wildman–Crippen LogP) is 9.29. The van der Waals surface area contributed by atoms with E-state index in [2.05, 4.69) is 26.8 Å². The van der Waals surface area contributed by atoms with Gasteiger partial charge in [-0.1, -0.05) is 135 Å². The van der Waals surface area contributed by atoms with E-state index in [4.69, 9.17) is 0 Å². The highest BCUT2D eigenvalue weighted by molar-refractivity contribution is 6.02. The Morgan fingerprint density at radius 2 is 1.06 bits per heavy atom. The Labute approximate surface area is 206 Å². The van der Waals surface area contributed by atoms with Crippen molar-refractivity contribution in [2.75, 3.05) is 0 Å². The van der Waals surface area contributed by atoms with Crippen molar-refractivity contribution in [1.82, 2.24) is 4.90 Å². The van der Waals surface area contributed by atoms with Crippen LogP contribution >= 0.6 is 0 Å². The quantitative estimate of drug-likeness (QED) is 0.0914. The third-order valence-electron chi connectivity index (χ3n) is 7.28. The monoisotopic (exact) mass is 461 g/mol.